The van der Waals surface area contributed by atoms with Gasteiger partial charge in [-0.15, -0.1) is 0 Å². The molecule has 1 aliphatic heterocycles. The van der Waals surface area contributed by atoms with Crippen LogP contribution in [0.1, 0.15) is 71.7 Å². The first-order valence-electron chi connectivity index (χ1n) is 17.1. The van der Waals surface area contributed by atoms with Crippen molar-refractivity contribution in [3.05, 3.63) is 47.0 Å². The molecule has 3 aliphatic carbocycles. The zero-order chi connectivity index (χ0) is 38.6. The second-order valence-corrected chi connectivity index (χ2v) is 16.5. The Labute approximate surface area is 309 Å². The van der Waals surface area contributed by atoms with E-state index in [0.29, 0.717) is 5.57 Å². The van der Waals surface area contributed by atoms with Crippen LogP contribution >= 0.6 is 26.8 Å². The highest BCUT2D eigenvalue weighted by Gasteiger charge is 2.78. The molecular weight excluding hydrogens is 735 g/mol. The van der Waals surface area contributed by atoms with Gasteiger partial charge in [-0.05, 0) is 37.1 Å². The maximum Gasteiger partial charge on any atom is 0.338 e. The topological polar surface area (TPSA) is 196 Å². The number of carbonyl (C=O) groups is 4. The lowest BCUT2D eigenvalue weighted by Gasteiger charge is -2.69. The van der Waals surface area contributed by atoms with Gasteiger partial charge in [0, 0.05) is 52.1 Å². The van der Waals surface area contributed by atoms with Crippen LogP contribution in [-0.4, -0.2) is 106 Å². The van der Waals surface area contributed by atoms with Crippen molar-refractivity contribution in [3.8, 4) is 0 Å². The van der Waals surface area contributed by atoms with Gasteiger partial charge >= 0.3 is 23.9 Å². The second-order valence-electron chi connectivity index (χ2n) is 15.0. The monoisotopic (exact) mass is 785 g/mol. The number of rotatable bonds is 10. The molecule has 1 aromatic carbocycles. The van der Waals surface area contributed by atoms with Crippen molar-refractivity contribution in [3.63, 3.8) is 0 Å². The maximum atomic E-state index is 14.1. The lowest BCUT2D eigenvalue weighted by molar-refractivity contribution is -0.365. The van der Waals surface area contributed by atoms with Crippen LogP contribution in [0.4, 0.5) is 0 Å². The zero-order valence-corrected chi connectivity index (χ0v) is 33.6. The third-order valence-electron chi connectivity index (χ3n) is 11.8. The molecule has 5 rings (SSSR count). The van der Waals surface area contributed by atoms with Gasteiger partial charge in [-0.1, -0.05) is 57.3 Å². The molecule has 0 spiro atoms. The summed E-state index contributed by atoms with van der Waals surface area (Å²) < 4.78 is 36.1. The van der Waals surface area contributed by atoms with Crippen LogP contribution < -0.4 is 5.09 Å². The van der Waals surface area contributed by atoms with Crippen LogP contribution in [0.25, 0.3) is 0 Å². The van der Waals surface area contributed by atoms with E-state index in [2.05, 4.69) is 23.4 Å². The van der Waals surface area contributed by atoms with Crippen LogP contribution in [0, 0.1) is 16.7 Å². The van der Waals surface area contributed by atoms with Crippen molar-refractivity contribution >= 4 is 50.7 Å². The molecule has 15 atom stereocenters. The molecule has 3 unspecified atom stereocenters. The van der Waals surface area contributed by atoms with Crippen molar-refractivity contribution in [2.45, 2.75) is 121 Å². The van der Waals surface area contributed by atoms with Crippen molar-refractivity contribution in [2.24, 2.45) is 16.7 Å². The van der Waals surface area contributed by atoms with E-state index < -0.39 is 101 Å². The summed E-state index contributed by atoms with van der Waals surface area (Å²) in [7, 11) is 4.59. The molecule has 3 fully saturated rings. The summed E-state index contributed by atoms with van der Waals surface area (Å²) >= 11 is 0. The molecular formula is C35H50NO13P3. The van der Waals surface area contributed by atoms with Crippen LogP contribution in [0.2, 0.25) is 0 Å². The van der Waals surface area contributed by atoms with Crippen LogP contribution in [0.3, 0.4) is 0 Å². The molecule has 2 saturated carbocycles. The molecule has 0 radical (unpaired) electrons. The Morgan fingerprint density at radius 1 is 1.04 bits per heavy atom. The minimum absolute atomic E-state index is 0.0940. The molecule has 4 aliphatic rings. The first kappa shape index (κ1) is 41.1. The van der Waals surface area contributed by atoms with E-state index in [9.17, 15) is 34.5 Å². The number of esters is 4. The molecule has 1 aromatic rings. The Bertz CT molecular complexity index is 1590. The first-order valence-corrected chi connectivity index (χ1v) is 20.4. The number of hydrogen-bond donors (Lipinski definition) is 4. The summed E-state index contributed by atoms with van der Waals surface area (Å²) in [6, 6.07) is 7.57. The molecule has 1 heterocycles. The summed E-state index contributed by atoms with van der Waals surface area (Å²) in [6.07, 6.45) is -9.92. The highest BCUT2D eigenvalue weighted by Crippen LogP contribution is 2.65. The van der Waals surface area contributed by atoms with E-state index in [1.807, 2.05) is 0 Å². The van der Waals surface area contributed by atoms with Crippen LogP contribution in [0.15, 0.2) is 41.5 Å². The smallest absolute Gasteiger partial charge is 0.338 e. The second kappa shape index (κ2) is 15.2. The summed E-state index contributed by atoms with van der Waals surface area (Å²) in [5, 5.41) is 41.1. The number of carbonyl (C=O) groups excluding carboxylic acids is 4. The molecule has 0 aromatic heterocycles. The number of aliphatic hydroxyl groups excluding tert-OH is 2. The molecule has 4 N–H and O–H groups in total. The summed E-state index contributed by atoms with van der Waals surface area (Å²) in [5.74, 6) is -4.43. The van der Waals surface area contributed by atoms with Crippen molar-refractivity contribution in [2.75, 3.05) is 6.61 Å². The van der Waals surface area contributed by atoms with Crippen LogP contribution in [0.5, 0.6) is 0 Å². The minimum atomic E-state index is -2.20. The van der Waals surface area contributed by atoms with E-state index in [1.54, 1.807) is 52.8 Å². The van der Waals surface area contributed by atoms with Gasteiger partial charge in [0.1, 0.15) is 30.0 Å². The van der Waals surface area contributed by atoms with Crippen molar-refractivity contribution in [1.29, 1.82) is 0 Å². The van der Waals surface area contributed by atoms with Gasteiger partial charge in [0.05, 0.1) is 24.2 Å². The van der Waals surface area contributed by atoms with Gasteiger partial charge in [0.15, 0.2) is 17.8 Å². The average Bonchev–Trinajstić information content (AvgIpc) is 3.08. The summed E-state index contributed by atoms with van der Waals surface area (Å²) in [6.45, 7) is 10.4. The average molecular weight is 786 g/mol. The molecule has 52 heavy (non-hydrogen) atoms. The fraction of sp³-hybridized carbons (Fsp3) is 0.657. The number of hydrogen-bond acceptors (Lipinski definition) is 14. The Balaban J connectivity index is 1.81. The van der Waals surface area contributed by atoms with E-state index >= 15 is 0 Å². The van der Waals surface area contributed by atoms with Crippen LogP contribution in [-0.2, 0) is 42.6 Å². The highest BCUT2D eigenvalue weighted by atomic mass is 32.0. The predicted octanol–water partition coefficient (Wildman–Crippen LogP) is 2.53. The zero-order valence-electron chi connectivity index (χ0n) is 30.3. The van der Waals surface area contributed by atoms with Gasteiger partial charge in [0.25, 0.3) is 0 Å². The summed E-state index contributed by atoms with van der Waals surface area (Å²) in [4.78, 5) is 53.6. The first-order chi connectivity index (χ1) is 24.3. The normalized spacial score (nSPS) is 37.7. The Kier molecular flexibility index (Phi) is 12.0. The van der Waals surface area contributed by atoms with E-state index in [4.69, 9.17) is 28.2 Å². The van der Waals surface area contributed by atoms with Crippen molar-refractivity contribution < 1.29 is 62.7 Å². The number of fused-ring (bicyclic) bond motifs is 5. The quantitative estimate of drug-likeness (QED) is 0.117. The number of aliphatic hydroxyl groups is 3. The van der Waals surface area contributed by atoms with Crippen molar-refractivity contribution in [1.82, 2.24) is 5.09 Å². The van der Waals surface area contributed by atoms with Gasteiger partial charge in [-0.2, -0.15) is 0 Å². The van der Waals surface area contributed by atoms with E-state index in [-0.39, 0.29) is 39.1 Å². The number of nitrogens with one attached hydrogen (secondary N) is 1. The largest absolute Gasteiger partial charge is 0.456 e. The molecule has 2 bridgehead atoms. The minimum Gasteiger partial charge on any atom is -0.456 e. The maximum absolute atomic E-state index is 14.1. The lowest BCUT2D eigenvalue weighted by atomic mass is 9.44. The SMILES string of the molecule is CC(=O)O[C@H]1C2=C(C)[C@@H](OC(=O)[C@H](OPP)[C@H](C)NP)C[C@@](O)([C@@H](OC(=O)c3ccccc3)[C@@H]3[C@]4(OC(C)=O)CO[C@@H]4C[C@H](O)[C@@]3(C)[C@H]1O)C2(C)C. The van der Waals surface area contributed by atoms with Gasteiger partial charge < -0.3 is 43.5 Å². The highest BCUT2D eigenvalue weighted by molar-refractivity contribution is 8.00. The third kappa shape index (κ3) is 6.64. The summed E-state index contributed by atoms with van der Waals surface area (Å²) in [5.41, 5.74) is -6.33. The molecule has 0 amide bonds. The fourth-order valence-electron chi connectivity index (χ4n) is 8.98. The van der Waals surface area contributed by atoms with Gasteiger partial charge in [-0.3, -0.25) is 14.7 Å². The Hall–Kier alpha value is -2.11. The fourth-order valence-corrected chi connectivity index (χ4v) is 10.0. The van der Waals surface area contributed by atoms with E-state index in [0.717, 1.165) is 0 Å². The lowest BCUT2D eigenvalue weighted by Crippen LogP contribution is -2.82. The van der Waals surface area contributed by atoms with E-state index in [1.165, 1.54) is 26.0 Å². The Morgan fingerprint density at radius 2 is 1.69 bits per heavy atom. The Morgan fingerprint density at radius 3 is 2.23 bits per heavy atom. The molecule has 288 valence electrons. The molecule has 17 heteroatoms. The number of benzene rings is 1. The number of ether oxygens (including phenoxy) is 5. The van der Waals surface area contributed by atoms with Gasteiger partial charge in [-0.25, -0.2) is 9.59 Å². The third-order valence-corrected chi connectivity index (χ3v) is 13.1. The molecule has 1 saturated heterocycles. The predicted molar refractivity (Wildman–Crippen MR) is 195 cm³/mol. The molecule has 14 nitrogen and oxygen atoms in total. The standard InChI is InChI=1S/C35H50NO13P3/c1-16-21(46-31(42)25(49-52-51)17(2)36-50)14-35(43)29(47-30(41)20-11-9-8-10-12-20)27-33(7,22(39)13-23-34(27,15-44-23)48-19(4)38)28(40)26(45-18(3)37)24(16)32(35,5)6/h8-12,17,21-23,25-29,36,39-40,43,52H,13-15,50-51H2,1-7H3/t17-,21-,22-,23+,25+,26-,27-,28-,29-,33+,34-,35+/m0/s1. The van der Waals surface area contributed by atoms with Gasteiger partial charge in [0.2, 0.25) is 0 Å².